The second kappa shape index (κ2) is 11.8. The highest BCUT2D eigenvalue weighted by atomic mass is 19.3. The van der Waals surface area contributed by atoms with E-state index in [4.69, 9.17) is 9.47 Å². The van der Waals surface area contributed by atoms with E-state index >= 15 is 0 Å². The largest absolute Gasteiger partial charge is 0.461 e. The van der Waals surface area contributed by atoms with Crippen LogP contribution in [0.2, 0.25) is 0 Å². The SMILES string of the molecule is CCCC1COC(C2CCC(C3CCC(c4ccc(OC(F)(F)C(F)F)c(F)c4)CC3)CC2)OC1. The van der Waals surface area contributed by atoms with Gasteiger partial charge in [0.05, 0.1) is 13.2 Å². The maximum atomic E-state index is 14.3. The van der Waals surface area contributed by atoms with Gasteiger partial charge in [0.15, 0.2) is 17.9 Å². The lowest BCUT2D eigenvalue weighted by molar-refractivity contribution is -0.254. The Morgan fingerprint density at radius 2 is 1.49 bits per heavy atom. The van der Waals surface area contributed by atoms with Crippen LogP contribution in [0, 0.1) is 29.5 Å². The first kappa shape index (κ1) is 26.6. The summed E-state index contributed by atoms with van der Waals surface area (Å²) in [7, 11) is 0. The predicted molar refractivity (Wildman–Crippen MR) is 122 cm³/mol. The second-order valence-corrected chi connectivity index (χ2v) is 10.6. The molecule has 1 aromatic rings. The van der Waals surface area contributed by atoms with E-state index in [9.17, 15) is 22.0 Å². The van der Waals surface area contributed by atoms with Crippen molar-refractivity contribution in [2.24, 2.45) is 23.7 Å². The summed E-state index contributed by atoms with van der Waals surface area (Å²) < 4.78 is 81.2. The van der Waals surface area contributed by atoms with Gasteiger partial charge in [-0.15, -0.1) is 0 Å². The summed E-state index contributed by atoms with van der Waals surface area (Å²) in [6, 6.07) is 3.71. The fourth-order valence-electron chi connectivity index (χ4n) is 6.26. The van der Waals surface area contributed by atoms with Crippen LogP contribution in [0.1, 0.15) is 82.6 Å². The van der Waals surface area contributed by atoms with Crippen LogP contribution in [0.4, 0.5) is 22.0 Å². The smallest absolute Gasteiger partial charge is 0.425 e. The normalized spacial score (nSPS) is 32.5. The molecule has 1 aliphatic heterocycles. The van der Waals surface area contributed by atoms with Gasteiger partial charge in [-0.2, -0.15) is 17.6 Å². The van der Waals surface area contributed by atoms with Crippen molar-refractivity contribution in [1.29, 1.82) is 0 Å². The molecule has 4 rings (SSSR count). The summed E-state index contributed by atoms with van der Waals surface area (Å²) in [5.41, 5.74) is 0.713. The third kappa shape index (κ3) is 6.68. The summed E-state index contributed by atoms with van der Waals surface area (Å²) in [6.45, 7) is 3.81. The molecule has 1 aromatic carbocycles. The molecule has 3 aliphatic rings. The third-order valence-electron chi connectivity index (χ3n) is 8.26. The Balaban J connectivity index is 1.22. The van der Waals surface area contributed by atoms with Gasteiger partial charge in [-0.25, -0.2) is 4.39 Å². The molecule has 0 bridgehead atoms. The molecule has 0 radical (unpaired) electrons. The average molecular weight is 505 g/mol. The molecule has 3 nitrogen and oxygen atoms in total. The number of hydrogen-bond donors (Lipinski definition) is 0. The number of halogens is 5. The molecule has 0 atom stereocenters. The zero-order valence-electron chi connectivity index (χ0n) is 20.4. The fraction of sp³-hybridized carbons (Fsp3) is 0.778. The first-order valence-electron chi connectivity index (χ1n) is 13.1. The highest BCUT2D eigenvalue weighted by Crippen LogP contribution is 2.45. The van der Waals surface area contributed by atoms with E-state index in [1.165, 1.54) is 18.9 Å². The van der Waals surface area contributed by atoms with Crippen molar-refractivity contribution in [1.82, 2.24) is 0 Å². The minimum absolute atomic E-state index is 0.0534. The quantitative estimate of drug-likeness (QED) is 0.337. The van der Waals surface area contributed by atoms with Crippen molar-refractivity contribution in [2.45, 2.75) is 95.9 Å². The van der Waals surface area contributed by atoms with E-state index in [1.54, 1.807) is 0 Å². The van der Waals surface area contributed by atoms with Crippen LogP contribution in [0.5, 0.6) is 5.75 Å². The van der Waals surface area contributed by atoms with Crippen molar-refractivity contribution in [2.75, 3.05) is 13.2 Å². The first-order valence-corrected chi connectivity index (χ1v) is 13.1. The molecule has 3 fully saturated rings. The lowest BCUT2D eigenvalue weighted by Crippen LogP contribution is -2.39. The molecule has 0 aromatic heterocycles. The van der Waals surface area contributed by atoms with Crippen molar-refractivity contribution < 1.29 is 36.2 Å². The van der Waals surface area contributed by atoms with Crippen molar-refractivity contribution in [3.05, 3.63) is 29.6 Å². The van der Waals surface area contributed by atoms with Gasteiger partial charge in [-0.3, -0.25) is 0 Å². The Labute approximate surface area is 204 Å². The van der Waals surface area contributed by atoms with Crippen molar-refractivity contribution >= 4 is 0 Å². The molecule has 1 saturated heterocycles. The van der Waals surface area contributed by atoms with Gasteiger partial charge >= 0.3 is 12.5 Å². The van der Waals surface area contributed by atoms with Gasteiger partial charge in [-0.1, -0.05) is 19.4 Å². The fourth-order valence-corrected chi connectivity index (χ4v) is 6.26. The summed E-state index contributed by atoms with van der Waals surface area (Å²) in [5.74, 6) is 0.596. The van der Waals surface area contributed by atoms with E-state index in [2.05, 4.69) is 11.7 Å². The molecule has 2 aliphatic carbocycles. The van der Waals surface area contributed by atoms with Crippen LogP contribution in [0.15, 0.2) is 18.2 Å². The van der Waals surface area contributed by atoms with Gasteiger partial charge in [0.1, 0.15) is 0 Å². The Hall–Kier alpha value is -1.41. The molecule has 35 heavy (non-hydrogen) atoms. The van der Waals surface area contributed by atoms with Crippen LogP contribution in [0.3, 0.4) is 0 Å². The Morgan fingerprint density at radius 3 is 2.03 bits per heavy atom. The zero-order valence-corrected chi connectivity index (χ0v) is 20.4. The van der Waals surface area contributed by atoms with Crippen LogP contribution < -0.4 is 4.74 Å². The number of rotatable bonds is 8. The van der Waals surface area contributed by atoms with Crippen LogP contribution in [-0.2, 0) is 9.47 Å². The first-order chi connectivity index (χ1) is 16.8. The number of hydrogen-bond acceptors (Lipinski definition) is 3. The van der Waals surface area contributed by atoms with E-state index < -0.39 is 24.1 Å². The molecule has 0 unspecified atom stereocenters. The molecule has 1 heterocycles. The maximum Gasteiger partial charge on any atom is 0.461 e. The van der Waals surface area contributed by atoms with Crippen LogP contribution in [0.25, 0.3) is 0 Å². The van der Waals surface area contributed by atoms with Gasteiger partial charge in [0.2, 0.25) is 0 Å². The summed E-state index contributed by atoms with van der Waals surface area (Å²) >= 11 is 0. The minimum atomic E-state index is -4.72. The minimum Gasteiger partial charge on any atom is -0.425 e. The molecule has 0 spiro atoms. The lowest BCUT2D eigenvalue weighted by atomic mass is 9.68. The van der Waals surface area contributed by atoms with E-state index in [-0.39, 0.29) is 12.2 Å². The summed E-state index contributed by atoms with van der Waals surface area (Å²) in [5, 5.41) is 0. The molecular formula is C27H37F5O3. The molecule has 0 amide bonds. The molecule has 8 heteroatoms. The zero-order chi connectivity index (χ0) is 25.0. The second-order valence-electron chi connectivity index (χ2n) is 10.6. The molecule has 2 saturated carbocycles. The highest BCUT2D eigenvalue weighted by molar-refractivity contribution is 5.32. The lowest BCUT2D eigenvalue weighted by Gasteiger charge is -2.41. The Morgan fingerprint density at radius 1 is 0.914 bits per heavy atom. The number of benzene rings is 1. The van der Waals surface area contributed by atoms with Crippen LogP contribution >= 0.6 is 0 Å². The predicted octanol–water partition coefficient (Wildman–Crippen LogP) is 7.93. The standard InChI is InChI=1S/C27H37F5O3/c1-2-3-17-15-33-25(34-16-17)21-10-8-19(9-11-21)18-4-6-20(7-5-18)22-12-13-24(23(28)14-22)35-27(31,32)26(29)30/h12-14,17-21,25-26H,2-11,15-16H2,1H3. The topological polar surface area (TPSA) is 27.7 Å². The van der Waals surface area contributed by atoms with Gasteiger partial charge < -0.3 is 14.2 Å². The summed E-state index contributed by atoms with van der Waals surface area (Å²) in [4.78, 5) is 0. The number of ether oxygens (including phenoxy) is 3. The van der Waals surface area contributed by atoms with E-state index in [0.29, 0.717) is 29.2 Å². The van der Waals surface area contributed by atoms with Crippen molar-refractivity contribution in [3.63, 3.8) is 0 Å². The third-order valence-corrected chi connectivity index (χ3v) is 8.26. The molecular weight excluding hydrogens is 467 g/mol. The monoisotopic (exact) mass is 504 g/mol. The molecule has 198 valence electrons. The van der Waals surface area contributed by atoms with E-state index in [1.807, 2.05) is 0 Å². The Bertz CT molecular complexity index is 796. The van der Waals surface area contributed by atoms with Gasteiger partial charge in [-0.05, 0) is 93.2 Å². The summed E-state index contributed by atoms with van der Waals surface area (Å²) in [6.07, 6.45) is 2.06. The Kier molecular flexibility index (Phi) is 8.95. The average Bonchev–Trinajstić information content (AvgIpc) is 2.86. The van der Waals surface area contributed by atoms with Crippen LogP contribution in [-0.4, -0.2) is 32.0 Å². The molecule has 0 N–H and O–H groups in total. The van der Waals surface area contributed by atoms with Gasteiger partial charge in [0, 0.05) is 11.8 Å². The van der Waals surface area contributed by atoms with E-state index in [0.717, 1.165) is 76.7 Å². The van der Waals surface area contributed by atoms with Gasteiger partial charge in [0.25, 0.3) is 0 Å². The number of alkyl halides is 4. The maximum absolute atomic E-state index is 14.3. The highest BCUT2D eigenvalue weighted by Gasteiger charge is 2.44. The van der Waals surface area contributed by atoms with Crippen molar-refractivity contribution in [3.8, 4) is 5.75 Å².